The van der Waals surface area contributed by atoms with Crippen molar-refractivity contribution in [2.75, 3.05) is 41.5 Å². The van der Waals surface area contributed by atoms with Crippen LogP contribution in [0.5, 0.6) is 17.2 Å². The lowest BCUT2D eigenvalue weighted by Crippen LogP contribution is -2.36. The average Bonchev–Trinajstić information content (AvgIpc) is 2.94. The summed E-state index contributed by atoms with van der Waals surface area (Å²) >= 11 is 0. The third-order valence-corrected chi connectivity index (χ3v) is 4.10. The molecule has 6 heteroatoms. The standard InChI is InChI=1S/C16H26N2O3.ClH/c1-17-10-13-6-5-7-18(13)11-12-8-15(20-3)16(21-4)9-14(12)19-2;/h8-9,13,17H,5-7,10-11H2,1-4H3;1H. The minimum Gasteiger partial charge on any atom is -0.496 e. The van der Waals surface area contributed by atoms with E-state index in [4.69, 9.17) is 14.2 Å². The summed E-state index contributed by atoms with van der Waals surface area (Å²) in [6, 6.07) is 4.51. The lowest BCUT2D eigenvalue weighted by Gasteiger charge is -2.25. The van der Waals surface area contributed by atoms with Gasteiger partial charge in [0, 0.05) is 30.8 Å². The predicted molar refractivity (Wildman–Crippen MR) is 90.7 cm³/mol. The van der Waals surface area contributed by atoms with Crippen LogP contribution in [0.15, 0.2) is 12.1 Å². The molecule has 1 N–H and O–H groups in total. The van der Waals surface area contributed by atoms with E-state index >= 15 is 0 Å². The second-order valence-corrected chi connectivity index (χ2v) is 5.34. The van der Waals surface area contributed by atoms with Crippen molar-refractivity contribution in [3.63, 3.8) is 0 Å². The van der Waals surface area contributed by atoms with E-state index < -0.39 is 0 Å². The zero-order valence-corrected chi connectivity index (χ0v) is 14.7. The fraction of sp³-hybridized carbons (Fsp3) is 0.625. The van der Waals surface area contributed by atoms with E-state index in [1.807, 2.05) is 19.2 Å². The van der Waals surface area contributed by atoms with Gasteiger partial charge >= 0.3 is 0 Å². The van der Waals surface area contributed by atoms with Crippen molar-refractivity contribution in [3.05, 3.63) is 17.7 Å². The Morgan fingerprint density at radius 1 is 1.09 bits per heavy atom. The Morgan fingerprint density at radius 2 is 1.73 bits per heavy atom. The summed E-state index contributed by atoms with van der Waals surface area (Å²) in [5, 5.41) is 3.28. The Labute approximate surface area is 139 Å². The highest BCUT2D eigenvalue weighted by Gasteiger charge is 2.25. The number of likely N-dealkylation sites (N-methyl/N-ethyl adjacent to an activating group) is 1. The second kappa shape index (κ2) is 9.08. The molecule has 0 bridgehead atoms. The summed E-state index contributed by atoms with van der Waals surface area (Å²) in [5.41, 5.74) is 1.14. The van der Waals surface area contributed by atoms with Crippen LogP contribution in [0.2, 0.25) is 0 Å². The molecule has 1 unspecified atom stereocenters. The Morgan fingerprint density at radius 3 is 2.32 bits per heavy atom. The molecule has 1 fully saturated rings. The molecule has 0 spiro atoms. The molecule has 1 atom stereocenters. The molecule has 1 saturated heterocycles. The summed E-state index contributed by atoms with van der Waals surface area (Å²) in [6.45, 7) is 3.02. The molecular formula is C16H27ClN2O3. The van der Waals surface area contributed by atoms with Crippen LogP contribution in [0.1, 0.15) is 18.4 Å². The minimum absolute atomic E-state index is 0. The molecule has 1 aliphatic heterocycles. The van der Waals surface area contributed by atoms with Crippen LogP contribution in [-0.4, -0.2) is 52.4 Å². The quantitative estimate of drug-likeness (QED) is 0.831. The van der Waals surface area contributed by atoms with Gasteiger partial charge < -0.3 is 19.5 Å². The van der Waals surface area contributed by atoms with Crippen LogP contribution in [0.25, 0.3) is 0 Å². The molecule has 0 saturated carbocycles. The van der Waals surface area contributed by atoms with Gasteiger partial charge in [0.2, 0.25) is 0 Å². The second-order valence-electron chi connectivity index (χ2n) is 5.34. The summed E-state index contributed by atoms with van der Waals surface area (Å²) in [6.07, 6.45) is 2.50. The van der Waals surface area contributed by atoms with Gasteiger partial charge in [-0.25, -0.2) is 0 Å². The van der Waals surface area contributed by atoms with E-state index in [2.05, 4.69) is 10.2 Å². The van der Waals surface area contributed by atoms with Crippen LogP contribution in [0.3, 0.4) is 0 Å². The Balaban J connectivity index is 0.00000242. The highest BCUT2D eigenvalue weighted by atomic mass is 35.5. The zero-order chi connectivity index (χ0) is 15.2. The number of hydrogen-bond donors (Lipinski definition) is 1. The highest BCUT2D eigenvalue weighted by Crippen LogP contribution is 2.36. The topological polar surface area (TPSA) is 43.0 Å². The van der Waals surface area contributed by atoms with E-state index in [0.717, 1.165) is 36.7 Å². The highest BCUT2D eigenvalue weighted by molar-refractivity contribution is 5.85. The Hall–Kier alpha value is -1.17. The van der Waals surface area contributed by atoms with E-state index in [-0.39, 0.29) is 12.4 Å². The van der Waals surface area contributed by atoms with Gasteiger partial charge in [-0.1, -0.05) is 0 Å². The normalized spacial score (nSPS) is 17.9. The van der Waals surface area contributed by atoms with Crippen molar-refractivity contribution >= 4 is 12.4 Å². The van der Waals surface area contributed by atoms with Crippen molar-refractivity contribution in [1.29, 1.82) is 0 Å². The molecule has 1 aromatic rings. The summed E-state index contributed by atoms with van der Waals surface area (Å²) < 4.78 is 16.3. The Kier molecular flexibility index (Phi) is 7.79. The van der Waals surface area contributed by atoms with Crippen molar-refractivity contribution in [2.24, 2.45) is 0 Å². The molecule has 22 heavy (non-hydrogen) atoms. The van der Waals surface area contributed by atoms with Crippen molar-refractivity contribution in [1.82, 2.24) is 10.2 Å². The largest absolute Gasteiger partial charge is 0.496 e. The number of nitrogens with zero attached hydrogens (tertiary/aromatic N) is 1. The van der Waals surface area contributed by atoms with Crippen molar-refractivity contribution < 1.29 is 14.2 Å². The van der Waals surface area contributed by atoms with Gasteiger partial charge in [-0.15, -0.1) is 12.4 Å². The minimum atomic E-state index is 0. The molecular weight excluding hydrogens is 304 g/mol. The molecule has 126 valence electrons. The number of methoxy groups -OCH3 is 3. The average molecular weight is 331 g/mol. The van der Waals surface area contributed by atoms with E-state index in [1.165, 1.54) is 12.8 Å². The number of hydrogen-bond acceptors (Lipinski definition) is 5. The third-order valence-electron chi connectivity index (χ3n) is 4.10. The molecule has 0 amide bonds. The fourth-order valence-corrected chi connectivity index (χ4v) is 3.00. The maximum atomic E-state index is 5.51. The van der Waals surface area contributed by atoms with Gasteiger partial charge in [0.1, 0.15) is 5.75 Å². The first-order chi connectivity index (χ1) is 10.2. The van der Waals surface area contributed by atoms with Crippen molar-refractivity contribution in [3.8, 4) is 17.2 Å². The summed E-state index contributed by atoms with van der Waals surface area (Å²) in [5.74, 6) is 2.30. The number of benzene rings is 1. The van der Waals surface area contributed by atoms with Crippen LogP contribution in [0, 0.1) is 0 Å². The number of ether oxygens (including phenoxy) is 3. The summed E-state index contributed by atoms with van der Waals surface area (Å²) in [4.78, 5) is 2.50. The van der Waals surface area contributed by atoms with Gasteiger partial charge in [-0.2, -0.15) is 0 Å². The van der Waals surface area contributed by atoms with Crippen LogP contribution >= 0.6 is 12.4 Å². The third kappa shape index (κ3) is 4.18. The lowest BCUT2D eigenvalue weighted by molar-refractivity contribution is 0.238. The first-order valence-corrected chi connectivity index (χ1v) is 7.41. The van der Waals surface area contributed by atoms with Gasteiger partial charge in [0.15, 0.2) is 11.5 Å². The molecule has 5 nitrogen and oxygen atoms in total. The van der Waals surface area contributed by atoms with E-state index in [1.54, 1.807) is 21.3 Å². The fourth-order valence-electron chi connectivity index (χ4n) is 3.00. The number of rotatable bonds is 7. The maximum Gasteiger partial charge on any atom is 0.164 e. The van der Waals surface area contributed by atoms with Gasteiger partial charge in [0.05, 0.1) is 21.3 Å². The van der Waals surface area contributed by atoms with Crippen LogP contribution < -0.4 is 19.5 Å². The SMILES string of the molecule is CNCC1CCCN1Cc1cc(OC)c(OC)cc1OC.Cl. The van der Waals surface area contributed by atoms with Crippen LogP contribution in [-0.2, 0) is 6.54 Å². The monoisotopic (exact) mass is 330 g/mol. The number of likely N-dealkylation sites (tertiary alicyclic amines) is 1. The molecule has 0 aliphatic carbocycles. The first kappa shape index (κ1) is 18.9. The van der Waals surface area contributed by atoms with Gasteiger partial charge in [0.25, 0.3) is 0 Å². The molecule has 1 heterocycles. The zero-order valence-electron chi connectivity index (χ0n) is 13.8. The van der Waals surface area contributed by atoms with E-state index in [9.17, 15) is 0 Å². The molecule has 1 aromatic carbocycles. The molecule has 0 radical (unpaired) electrons. The number of halogens is 1. The van der Waals surface area contributed by atoms with Crippen LogP contribution in [0.4, 0.5) is 0 Å². The number of nitrogens with one attached hydrogen (secondary N) is 1. The summed E-state index contributed by atoms with van der Waals surface area (Å²) in [7, 11) is 7.00. The molecule has 1 aliphatic rings. The van der Waals surface area contributed by atoms with Crippen molar-refractivity contribution in [2.45, 2.75) is 25.4 Å². The molecule has 0 aromatic heterocycles. The smallest absolute Gasteiger partial charge is 0.164 e. The maximum absolute atomic E-state index is 5.51. The van der Waals surface area contributed by atoms with E-state index in [0.29, 0.717) is 11.8 Å². The van der Waals surface area contributed by atoms with Gasteiger partial charge in [-0.3, -0.25) is 4.90 Å². The van der Waals surface area contributed by atoms with Gasteiger partial charge in [-0.05, 0) is 32.5 Å². The predicted octanol–water partition coefficient (Wildman–Crippen LogP) is 2.32. The molecule has 2 rings (SSSR count). The first-order valence-electron chi connectivity index (χ1n) is 7.41. The Bertz CT molecular complexity index is 471. The lowest BCUT2D eigenvalue weighted by atomic mass is 10.1.